The van der Waals surface area contributed by atoms with E-state index in [-0.39, 0.29) is 4.90 Å². The molecular weight excluding hydrogens is 384 g/mol. The summed E-state index contributed by atoms with van der Waals surface area (Å²) in [7, 11) is -3.90. The third kappa shape index (κ3) is 3.63. The van der Waals surface area contributed by atoms with Gasteiger partial charge in [-0.2, -0.15) is 0 Å². The Morgan fingerprint density at radius 2 is 1.79 bits per heavy atom. The van der Waals surface area contributed by atoms with Gasteiger partial charge in [0.2, 0.25) is 0 Å². The van der Waals surface area contributed by atoms with Crippen LogP contribution in [0.5, 0.6) is 0 Å². The van der Waals surface area contributed by atoms with E-state index >= 15 is 0 Å². The van der Waals surface area contributed by atoms with E-state index < -0.39 is 15.9 Å². The highest BCUT2D eigenvalue weighted by Crippen LogP contribution is 2.52. The normalized spacial score (nSPS) is 24.6. The number of sulfonamides is 1. The van der Waals surface area contributed by atoms with Crippen LogP contribution in [0.4, 0.5) is 0 Å². The second-order valence-electron chi connectivity index (χ2n) is 8.98. The van der Waals surface area contributed by atoms with Gasteiger partial charge in [-0.3, -0.25) is 4.79 Å². The summed E-state index contributed by atoms with van der Waals surface area (Å²) in [5, 5.41) is 0. The van der Waals surface area contributed by atoms with Crippen LogP contribution in [-0.2, 0) is 10.0 Å². The lowest BCUT2D eigenvalue weighted by Crippen LogP contribution is -2.31. The van der Waals surface area contributed by atoms with E-state index in [1.165, 1.54) is 37.8 Å². The van der Waals surface area contributed by atoms with Gasteiger partial charge in [0.05, 0.1) is 10.5 Å². The summed E-state index contributed by atoms with van der Waals surface area (Å²) < 4.78 is 29.7. The Hall–Kier alpha value is -2.08. The fourth-order valence-electron chi connectivity index (χ4n) is 5.66. The topological polar surface area (TPSA) is 68.2 Å². The number of amides is 1. The van der Waals surface area contributed by atoms with Crippen molar-refractivity contribution in [1.82, 2.24) is 9.29 Å². The number of hydrogen-bond donors (Lipinski definition) is 1. The molecule has 29 heavy (non-hydrogen) atoms. The molecule has 1 aromatic carbocycles. The number of aryl methyl sites for hydroxylation is 2. The average molecular weight is 415 g/mol. The maximum absolute atomic E-state index is 12.9. The molecule has 1 N–H and O–H groups in total. The van der Waals surface area contributed by atoms with Crippen LogP contribution in [0.15, 0.2) is 35.2 Å². The molecule has 4 rings (SSSR count). The molecule has 1 aromatic heterocycles. The summed E-state index contributed by atoms with van der Waals surface area (Å²) in [5.74, 6) is 1.73. The van der Waals surface area contributed by atoms with Crippen molar-refractivity contribution >= 4 is 15.9 Å². The second kappa shape index (κ2) is 7.31. The molecule has 0 spiro atoms. The Morgan fingerprint density at radius 1 is 1.10 bits per heavy atom. The summed E-state index contributed by atoms with van der Waals surface area (Å²) in [5.41, 5.74) is 3.26. The molecule has 0 aliphatic heterocycles. The third-order valence-electron chi connectivity index (χ3n) is 7.11. The van der Waals surface area contributed by atoms with Crippen molar-refractivity contribution in [1.29, 1.82) is 0 Å². The van der Waals surface area contributed by atoms with Gasteiger partial charge in [0.25, 0.3) is 15.9 Å². The molecule has 6 heteroatoms. The number of hydrogen-bond acceptors (Lipinski definition) is 3. The lowest BCUT2D eigenvalue weighted by atomic mass is 9.83. The lowest BCUT2D eigenvalue weighted by molar-refractivity contribution is 0.0980. The second-order valence-corrected chi connectivity index (χ2v) is 10.7. The van der Waals surface area contributed by atoms with E-state index in [9.17, 15) is 13.2 Å². The van der Waals surface area contributed by atoms with E-state index in [0.717, 1.165) is 28.8 Å². The molecular formula is C23H30N2O3S. The van der Waals surface area contributed by atoms with Crippen molar-refractivity contribution in [2.24, 2.45) is 17.8 Å². The van der Waals surface area contributed by atoms with Crippen molar-refractivity contribution < 1.29 is 13.2 Å². The number of carbonyl (C=O) groups excluding carboxylic acids is 1. The van der Waals surface area contributed by atoms with Crippen LogP contribution in [0.2, 0.25) is 0 Å². The predicted molar refractivity (Wildman–Crippen MR) is 113 cm³/mol. The molecule has 0 saturated heterocycles. The van der Waals surface area contributed by atoms with Gasteiger partial charge in [-0.15, -0.1) is 0 Å². The maximum atomic E-state index is 12.9. The zero-order valence-electron chi connectivity index (χ0n) is 17.6. The number of aromatic nitrogens is 1. The van der Waals surface area contributed by atoms with Crippen LogP contribution in [0, 0.1) is 38.5 Å². The highest BCUT2D eigenvalue weighted by atomic mass is 32.2. The third-order valence-corrected chi connectivity index (χ3v) is 8.45. The van der Waals surface area contributed by atoms with Crippen molar-refractivity contribution in [3.63, 3.8) is 0 Å². The smallest absolute Gasteiger partial charge is 0.266 e. The number of carbonyl (C=O) groups is 1. The van der Waals surface area contributed by atoms with Gasteiger partial charge >= 0.3 is 0 Å². The summed E-state index contributed by atoms with van der Waals surface area (Å²) in [6.07, 6.45) is 5.30. The standard InChI is InChI=1S/C23H30N2O3S/c1-14-5-9-20(10-6-14)29(27,28)24-23(26)22-11-15(2)25(17(22)4)16(3)21-13-18-7-8-19(21)12-18/h5-6,9-11,16,18-19,21H,7-8,12-13H2,1-4H3,(H,24,26)/t16-,18-,19+,21-/m1/s1. The lowest BCUT2D eigenvalue weighted by Gasteiger charge is -2.31. The zero-order chi connectivity index (χ0) is 20.9. The van der Waals surface area contributed by atoms with E-state index in [4.69, 9.17) is 0 Å². The summed E-state index contributed by atoms with van der Waals surface area (Å²) in [6, 6.07) is 8.63. The number of nitrogens with one attached hydrogen (secondary N) is 1. The summed E-state index contributed by atoms with van der Waals surface area (Å²) in [4.78, 5) is 13.0. The molecule has 0 unspecified atom stereocenters. The quantitative estimate of drug-likeness (QED) is 0.782. The number of fused-ring (bicyclic) bond motifs is 2. The molecule has 2 aromatic rings. The van der Waals surface area contributed by atoms with Crippen molar-refractivity contribution in [3.8, 4) is 0 Å². The zero-order valence-corrected chi connectivity index (χ0v) is 18.4. The first-order valence-corrected chi connectivity index (χ1v) is 12.0. The predicted octanol–water partition coefficient (Wildman–Crippen LogP) is 4.53. The first kappa shape index (κ1) is 20.2. The molecule has 2 bridgehead atoms. The summed E-state index contributed by atoms with van der Waals surface area (Å²) >= 11 is 0. The minimum absolute atomic E-state index is 0.0978. The highest BCUT2D eigenvalue weighted by molar-refractivity contribution is 7.90. The molecule has 1 heterocycles. The van der Waals surface area contributed by atoms with E-state index in [1.807, 2.05) is 26.8 Å². The molecule has 0 radical (unpaired) electrons. The number of nitrogens with zero attached hydrogens (tertiary/aromatic N) is 1. The molecule has 1 amide bonds. The molecule has 5 nitrogen and oxygen atoms in total. The van der Waals surface area contributed by atoms with Crippen molar-refractivity contribution in [3.05, 3.63) is 52.8 Å². The van der Waals surface area contributed by atoms with Crippen LogP contribution >= 0.6 is 0 Å². The van der Waals surface area contributed by atoms with Crippen LogP contribution < -0.4 is 4.72 Å². The van der Waals surface area contributed by atoms with Gasteiger partial charge in [0.1, 0.15) is 0 Å². The highest BCUT2D eigenvalue weighted by Gasteiger charge is 2.42. The molecule has 2 saturated carbocycles. The minimum Gasteiger partial charge on any atom is -0.345 e. The van der Waals surface area contributed by atoms with E-state index in [0.29, 0.717) is 17.5 Å². The van der Waals surface area contributed by atoms with Crippen molar-refractivity contribution in [2.75, 3.05) is 0 Å². The Morgan fingerprint density at radius 3 is 2.38 bits per heavy atom. The fourth-order valence-corrected chi connectivity index (χ4v) is 6.63. The first-order chi connectivity index (χ1) is 13.7. The van der Waals surface area contributed by atoms with Crippen LogP contribution in [0.25, 0.3) is 0 Å². The van der Waals surface area contributed by atoms with Gasteiger partial charge in [0, 0.05) is 17.4 Å². The van der Waals surface area contributed by atoms with Crippen LogP contribution in [0.1, 0.15) is 66.0 Å². The molecule has 4 atom stereocenters. The van der Waals surface area contributed by atoms with Gasteiger partial charge in [-0.05, 0) is 82.9 Å². The largest absolute Gasteiger partial charge is 0.345 e. The Kier molecular flexibility index (Phi) is 5.09. The molecule has 2 aliphatic carbocycles. The number of rotatable bonds is 5. The minimum atomic E-state index is -3.90. The molecule has 2 fully saturated rings. The SMILES string of the molecule is Cc1ccc(S(=O)(=O)NC(=O)c2cc(C)n([C@H](C)[C@H]3C[C@@H]4CC[C@H]3C4)c2C)cc1. The Bertz CT molecular complexity index is 1040. The Balaban J connectivity index is 1.57. The maximum Gasteiger partial charge on any atom is 0.266 e. The van der Waals surface area contributed by atoms with Gasteiger partial charge in [-0.1, -0.05) is 24.1 Å². The Labute approximate surface area is 173 Å². The van der Waals surface area contributed by atoms with E-state index in [1.54, 1.807) is 12.1 Å². The fraction of sp³-hybridized carbons (Fsp3) is 0.522. The molecule has 2 aliphatic rings. The van der Waals surface area contributed by atoms with Gasteiger partial charge < -0.3 is 4.57 Å². The first-order valence-electron chi connectivity index (χ1n) is 10.5. The van der Waals surface area contributed by atoms with E-state index in [2.05, 4.69) is 16.2 Å². The summed E-state index contributed by atoms with van der Waals surface area (Å²) in [6.45, 7) is 8.06. The number of benzene rings is 1. The van der Waals surface area contributed by atoms with Gasteiger partial charge in [0.15, 0.2) is 0 Å². The van der Waals surface area contributed by atoms with Crippen LogP contribution in [-0.4, -0.2) is 18.9 Å². The average Bonchev–Trinajstić information content (AvgIpc) is 3.36. The van der Waals surface area contributed by atoms with Gasteiger partial charge in [-0.25, -0.2) is 13.1 Å². The van der Waals surface area contributed by atoms with Crippen molar-refractivity contribution in [2.45, 2.75) is 64.3 Å². The molecule has 156 valence electrons. The monoisotopic (exact) mass is 414 g/mol. The van der Waals surface area contributed by atoms with Crippen LogP contribution in [0.3, 0.4) is 0 Å².